The fourth-order valence-corrected chi connectivity index (χ4v) is 3.78. The van der Waals surface area contributed by atoms with Crippen molar-refractivity contribution in [1.29, 1.82) is 0 Å². The van der Waals surface area contributed by atoms with Gasteiger partial charge in [-0.3, -0.25) is 4.79 Å². The second-order valence-corrected chi connectivity index (χ2v) is 8.23. The van der Waals surface area contributed by atoms with Gasteiger partial charge in [-0.05, 0) is 48.4 Å². The van der Waals surface area contributed by atoms with E-state index in [9.17, 15) is 30.8 Å². The van der Waals surface area contributed by atoms with Gasteiger partial charge < -0.3 is 5.32 Å². The molecule has 10 heteroatoms. The summed E-state index contributed by atoms with van der Waals surface area (Å²) in [5.74, 6) is -4.87. The summed E-state index contributed by atoms with van der Waals surface area (Å²) in [5.41, 5.74) is -0.433. The molecule has 0 aliphatic rings. The second kappa shape index (κ2) is 9.27. The average Bonchev–Trinajstić information content (AvgIpc) is 2.72. The Bertz CT molecular complexity index is 1230. The SMILES string of the molecule is O=C(Nc1ccc(F)c(F)c1)c1cc(S(=O)(=O)NCCc2ccccc2F)ccc1F. The summed E-state index contributed by atoms with van der Waals surface area (Å²) in [6.07, 6.45) is 0.0799. The monoisotopic (exact) mass is 452 g/mol. The fourth-order valence-electron chi connectivity index (χ4n) is 2.72. The Morgan fingerprint density at radius 3 is 2.23 bits per heavy atom. The maximum Gasteiger partial charge on any atom is 0.258 e. The molecule has 0 aliphatic heterocycles. The van der Waals surface area contributed by atoms with Crippen molar-refractivity contribution in [2.45, 2.75) is 11.3 Å². The minimum absolute atomic E-state index is 0.0799. The highest BCUT2D eigenvalue weighted by Gasteiger charge is 2.20. The van der Waals surface area contributed by atoms with Crippen LogP contribution in [0.4, 0.5) is 23.2 Å². The van der Waals surface area contributed by atoms with Gasteiger partial charge in [0.15, 0.2) is 11.6 Å². The summed E-state index contributed by atoms with van der Waals surface area (Å²) in [5, 5.41) is 2.17. The third-order valence-electron chi connectivity index (χ3n) is 4.31. The van der Waals surface area contributed by atoms with E-state index >= 15 is 0 Å². The van der Waals surface area contributed by atoms with E-state index in [0.717, 1.165) is 30.3 Å². The predicted molar refractivity (Wildman–Crippen MR) is 106 cm³/mol. The molecule has 31 heavy (non-hydrogen) atoms. The minimum Gasteiger partial charge on any atom is -0.322 e. The number of rotatable bonds is 7. The van der Waals surface area contributed by atoms with Crippen LogP contribution in [-0.4, -0.2) is 20.9 Å². The van der Waals surface area contributed by atoms with Gasteiger partial charge in [-0.1, -0.05) is 18.2 Å². The molecule has 0 atom stereocenters. The maximum atomic E-state index is 14.1. The van der Waals surface area contributed by atoms with Crippen LogP contribution in [0.15, 0.2) is 65.6 Å². The highest BCUT2D eigenvalue weighted by atomic mass is 32.2. The number of hydrogen-bond donors (Lipinski definition) is 2. The molecule has 1 amide bonds. The Balaban J connectivity index is 1.74. The molecule has 0 saturated carbocycles. The Kier molecular flexibility index (Phi) is 6.71. The molecule has 0 fully saturated rings. The molecule has 3 rings (SSSR count). The van der Waals surface area contributed by atoms with Crippen molar-refractivity contribution in [2.24, 2.45) is 0 Å². The lowest BCUT2D eigenvalue weighted by molar-refractivity contribution is 0.102. The largest absolute Gasteiger partial charge is 0.322 e. The fraction of sp³-hybridized carbons (Fsp3) is 0.0952. The van der Waals surface area contributed by atoms with Crippen molar-refractivity contribution in [3.05, 3.63) is 95.1 Å². The van der Waals surface area contributed by atoms with E-state index in [1.165, 1.54) is 18.2 Å². The number of carbonyl (C=O) groups is 1. The van der Waals surface area contributed by atoms with Crippen molar-refractivity contribution < 1.29 is 30.8 Å². The maximum absolute atomic E-state index is 14.1. The zero-order valence-corrected chi connectivity index (χ0v) is 16.6. The lowest BCUT2D eigenvalue weighted by Gasteiger charge is -2.10. The molecular weight excluding hydrogens is 436 g/mol. The van der Waals surface area contributed by atoms with Gasteiger partial charge in [-0.25, -0.2) is 30.7 Å². The van der Waals surface area contributed by atoms with E-state index in [0.29, 0.717) is 11.6 Å². The van der Waals surface area contributed by atoms with Crippen molar-refractivity contribution in [1.82, 2.24) is 4.72 Å². The summed E-state index contributed by atoms with van der Waals surface area (Å²) >= 11 is 0. The smallest absolute Gasteiger partial charge is 0.258 e. The van der Waals surface area contributed by atoms with E-state index in [1.807, 2.05) is 0 Å². The van der Waals surface area contributed by atoms with Gasteiger partial charge in [0.2, 0.25) is 10.0 Å². The van der Waals surface area contributed by atoms with Crippen molar-refractivity contribution in [2.75, 3.05) is 11.9 Å². The van der Waals surface area contributed by atoms with Crippen molar-refractivity contribution >= 4 is 21.6 Å². The second-order valence-electron chi connectivity index (χ2n) is 6.46. The molecule has 5 nitrogen and oxygen atoms in total. The van der Waals surface area contributed by atoms with E-state index in [1.54, 1.807) is 6.07 Å². The molecule has 0 saturated heterocycles. The number of halogens is 4. The van der Waals surface area contributed by atoms with Crippen LogP contribution in [0.1, 0.15) is 15.9 Å². The minimum atomic E-state index is -4.13. The van der Waals surface area contributed by atoms with Crippen molar-refractivity contribution in [3.8, 4) is 0 Å². The highest BCUT2D eigenvalue weighted by Crippen LogP contribution is 2.19. The molecule has 0 spiro atoms. The van der Waals surface area contributed by atoms with Crippen LogP contribution in [0, 0.1) is 23.3 Å². The van der Waals surface area contributed by atoms with Crippen LogP contribution in [0.25, 0.3) is 0 Å². The molecule has 162 valence electrons. The average molecular weight is 452 g/mol. The molecule has 0 heterocycles. The number of benzene rings is 3. The Morgan fingerprint density at radius 1 is 0.806 bits per heavy atom. The third kappa shape index (κ3) is 5.47. The summed E-state index contributed by atoms with van der Waals surface area (Å²) in [7, 11) is -4.13. The molecule has 3 aromatic carbocycles. The zero-order chi connectivity index (χ0) is 22.6. The molecule has 0 aliphatic carbocycles. The highest BCUT2D eigenvalue weighted by molar-refractivity contribution is 7.89. The van der Waals surface area contributed by atoms with Crippen LogP contribution in [0.3, 0.4) is 0 Å². The van der Waals surface area contributed by atoms with Gasteiger partial charge in [0.1, 0.15) is 11.6 Å². The number of anilines is 1. The summed E-state index contributed by atoms with van der Waals surface area (Å²) in [4.78, 5) is 11.9. The van der Waals surface area contributed by atoms with E-state index in [4.69, 9.17) is 0 Å². The standard InChI is InChI=1S/C21H16F4N2O3S/c22-17-4-2-1-3-13(17)9-10-26-31(29,30)15-6-8-18(23)16(12-15)21(28)27-14-5-7-19(24)20(25)11-14/h1-8,11-12,26H,9-10H2,(H,27,28). The first-order valence-electron chi connectivity index (χ1n) is 8.96. The number of amides is 1. The quantitative estimate of drug-likeness (QED) is 0.532. The number of carbonyl (C=O) groups excluding carboxylic acids is 1. The Morgan fingerprint density at radius 2 is 1.52 bits per heavy atom. The van der Waals surface area contributed by atoms with Crippen LogP contribution in [0.2, 0.25) is 0 Å². The van der Waals surface area contributed by atoms with Gasteiger partial charge in [0.05, 0.1) is 10.5 Å². The lowest BCUT2D eigenvalue weighted by Crippen LogP contribution is -2.26. The zero-order valence-electron chi connectivity index (χ0n) is 15.8. The lowest BCUT2D eigenvalue weighted by atomic mass is 10.1. The van der Waals surface area contributed by atoms with Gasteiger partial charge >= 0.3 is 0 Å². The van der Waals surface area contributed by atoms with E-state index in [-0.39, 0.29) is 18.7 Å². The van der Waals surface area contributed by atoms with Crippen LogP contribution >= 0.6 is 0 Å². The number of hydrogen-bond acceptors (Lipinski definition) is 3. The molecule has 0 aromatic heterocycles. The molecular formula is C21H16F4N2O3S. The molecule has 2 N–H and O–H groups in total. The molecule has 0 unspecified atom stereocenters. The van der Waals surface area contributed by atoms with Gasteiger partial charge in [-0.15, -0.1) is 0 Å². The van der Waals surface area contributed by atoms with Crippen LogP contribution < -0.4 is 10.0 Å². The Hall–Kier alpha value is -3.24. The molecule has 3 aromatic rings. The van der Waals surface area contributed by atoms with Gasteiger partial charge in [0.25, 0.3) is 5.91 Å². The Labute approximate surface area is 175 Å². The first-order valence-corrected chi connectivity index (χ1v) is 10.4. The summed E-state index contributed by atoms with van der Waals surface area (Å²) in [6.45, 7) is -0.128. The predicted octanol–water partition coefficient (Wildman–Crippen LogP) is 4.02. The van der Waals surface area contributed by atoms with E-state index < -0.39 is 49.7 Å². The first-order chi connectivity index (χ1) is 14.7. The topological polar surface area (TPSA) is 75.3 Å². The van der Waals surface area contributed by atoms with Crippen molar-refractivity contribution in [3.63, 3.8) is 0 Å². The summed E-state index contributed by atoms with van der Waals surface area (Å²) in [6, 6.07) is 11.0. The van der Waals surface area contributed by atoms with Crippen LogP contribution in [0.5, 0.6) is 0 Å². The number of sulfonamides is 1. The van der Waals surface area contributed by atoms with Crippen LogP contribution in [-0.2, 0) is 16.4 Å². The van der Waals surface area contributed by atoms with E-state index in [2.05, 4.69) is 10.0 Å². The third-order valence-corrected chi connectivity index (χ3v) is 5.77. The molecule has 0 bridgehead atoms. The summed E-state index contributed by atoms with van der Waals surface area (Å²) < 4.78 is 81.3. The first kappa shape index (κ1) is 22.4. The van der Waals surface area contributed by atoms with Gasteiger partial charge in [-0.2, -0.15) is 0 Å². The normalized spacial score (nSPS) is 11.4. The molecule has 0 radical (unpaired) electrons. The van der Waals surface area contributed by atoms with Gasteiger partial charge in [0, 0.05) is 18.3 Å². The number of nitrogens with one attached hydrogen (secondary N) is 2.